The van der Waals surface area contributed by atoms with Crippen molar-refractivity contribution in [2.75, 3.05) is 17.2 Å². The molecule has 1 saturated carbocycles. The van der Waals surface area contributed by atoms with E-state index >= 15 is 0 Å². The van der Waals surface area contributed by atoms with Crippen molar-refractivity contribution in [3.8, 4) is 11.5 Å². The van der Waals surface area contributed by atoms with E-state index in [1.807, 2.05) is 6.92 Å². The molecule has 4 rings (SSSR count). The second-order valence-electron chi connectivity index (χ2n) is 9.00. The van der Waals surface area contributed by atoms with Crippen LogP contribution >= 0.6 is 0 Å². The normalized spacial score (nSPS) is 18.1. The third-order valence-electron chi connectivity index (χ3n) is 6.37. The first-order valence-electron chi connectivity index (χ1n) is 11.7. The smallest absolute Gasteiger partial charge is 0.277 e. The highest BCUT2D eigenvalue weighted by Gasteiger charge is 2.27. The fourth-order valence-corrected chi connectivity index (χ4v) is 4.42. The molecule has 0 atom stereocenters. The van der Waals surface area contributed by atoms with Crippen molar-refractivity contribution in [3.05, 3.63) is 42.2 Å². The Kier molecular flexibility index (Phi) is 6.95. The maximum atomic E-state index is 12.9. The number of pyridine rings is 1. The summed E-state index contributed by atoms with van der Waals surface area (Å²) in [6, 6.07) is 3.72. The minimum atomic E-state index is -0.696. The van der Waals surface area contributed by atoms with Gasteiger partial charge < -0.3 is 20.8 Å². The van der Waals surface area contributed by atoms with Gasteiger partial charge in [-0.25, -0.2) is 9.97 Å². The maximum absolute atomic E-state index is 12.9. The Morgan fingerprint density at radius 2 is 2.03 bits per heavy atom. The summed E-state index contributed by atoms with van der Waals surface area (Å²) in [5.74, 6) is 1.13. The Hall–Kier alpha value is -3.69. The molecule has 3 aromatic rings. The molecule has 10 nitrogen and oxygen atoms in total. The highest BCUT2D eigenvalue weighted by atomic mass is 16.3. The number of rotatable bonds is 8. The number of carbonyl (C=O) groups excluding carboxylic acids is 2. The van der Waals surface area contributed by atoms with Gasteiger partial charge in [0, 0.05) is 24.5 Å². The van der Waals surface area contributed by atoms with Crippen molar-refractivity contribution < 1.29 is 14.0 Å². The lowest BCUT2D eigenvalue weighted by Crippen LogP contribution is -2.22. The molecule has 10 heteroatoms. The summed E-state index contributed by atoms with van der Waals surface area (Å²) in [5, 5.41) is 10.2. The predicted molar refractivity (Wildman–Crippen MR) is 128 cm³/mol. The number of amides is 2. The number of nitrogens with zero attached hydrogens (tertiary/aromatic N) is 4. The van der Waals surface area contributed by atoms with Gasteiger partial charge in [-0.15, -0.1) is 0 Å². The van der Waals surface area contributed by atoms with E-state index in [1.165, 1.54) is 6.26 Å². The van der Waals surface area contributed by atoms with Crippen molar-refractivity contribution in [1.82, 2.24) is 19.7 Å². The van der Waals surface area contributed by atoms with Gasteiger partial charge in [0.15, 0.2) is 11.4 Å². The molecule has 0 aliphatic heterocycles. The molecule has 3 heterocycles. The molecule has 3 aromatic heterocycles. The number of hydrogen-bond acceptors (Lipinski definition) is 7. The quantitative estimate of drug-likeness (QED) is 0.455. The van der Waals surface area contributed by atoms with Crippen LogP contribution in [0, 0.1) is 11.8 Å². The number of nitrogens with two attached hydrogens (primary N) is 1. The predicted octanol–water partition coefficient (Wildman–Crippen LogP) is 4.10. The average Bonchev–Trinajstić information content (AvgIpc) is 3.48. The van der Waals surface area contributed by atoms with Gasteiger partial charge in [-0.2, -0.15) is 5.10 Å². The molecule has 4 N–H and O–H groups in total. The van der Waals surface area contributed by atoms with Crippen LogP contribution in [0.15, 0.2) is 35.2 Å². The molecule has 0 radical (unpaired) electrons. The Balaban J connectivity index is 1.49. The average molecular weight is 466 g/mol. The SMILES string of the molecule is CCNc1cc(-c2nc(C(=O)Nc3cn([C@H]4CC[C@@H](C(C)C)CC4)nc3C(N)=O)co2)ccn1. The number of anilines is 2. The zero-order chi connectivity index (χ0) is 24.2. The summed E-state index contributed by atoms with van der Waals surface area (Å²) in [4.78, 5) is 33.4. The Morgan fingerprint density at radius 1 is 1.26 bits per heavy atom. The molecule has 0 bridgehead atoms. The molecule has 0 aromatic carbocycles. The van der Waals surface area contributed by atoms with E-state index in [9.17, 15) is 9.59 Å². The first-order valence-corrected chi connectivity index (χ1v) is 11.7. The molecule has 1 fully saturated rings. The molecule has 1 aliphatic rings. The van der Waals surface area contributed by atoms with Crippen LogP contribution in [0.3, 0.4) is 0 Å². The summed E-state index contributed by atoms with van der Waals surface area (Å²) in [5.41, 5.74) is 6.61. The van der Waals surface area contributed by atoms with Crippen molar-refractivity contribution in [2.24, 2.45) is 17.6 Å². The molecule has 1 aliphatic carbocycles. The van der Waals surface area contributed by atoms with Gasteiger partial charge in [-0.05, 0) is 56.6 Å². The van der Waals surface area contributed by atoms with Gasteiger partial charge in [0.25, 0.3) is 11.8 Å². The summed E-state index contributed by atoms with van der Waals surface area (Å²) < 4.78 is 7.27. The van der Waals surface area contributed by atoms with E-state index in [0.29, 0.717) is 29.1 Å². The van der Waals surface area contributed by atoms with Gasteiger partial charge in [0.2, 0.25) is 5.89 Å². The lowest BCUT2D eigenvalue weighted by molar-refractivity contribution is 0.0994. The second kappa shape index (κ2) is 10.1. The van der Waals surface area contributed by atoms with Crippen molar-refractivity contribution >= 4 is 23.3 Å². The summed E-state index contributed by atoms with van der Waals surface area (Å²) >= 11 is 0. The molecule has 180 valence electrons. The Labute approximate surface area is 198 Å². The largest absolute Gasteiger partial charge is 0.444 e. The number of carbonyl (C=O) groups is 2. The molecule has 34 heavy (non-hydrogen) atoms. The Bertz CT molecular complexity index is 1160. The minimum absolute atomic E-state index is 0.0347. The highest BCUT2D eigenvalue weighted by Crippen LogP contribution is 2.36. The summed E-state index contributed by atoms with van der Waals surface area (Å²) in [6.45, 7) is 7.21. The van der Waals surface area contributed by atoms with Crippen LogP contribution in [0.25, 0.3) is 11.5 Å². The maximum Gasteiger partial charge on any atom is 0.277 e. The first kappa shape index (κ1) is 23.5. The van der Waals surface area contributed by atoms with Gasteiger partial charge >= 0.3 is 0 Å². The fourth-order valence-electron chi connectivity index (χ4n) is 4.42. The van der Waals surface area contributed by atoms with E-state index in [-0.39, 0.29) is 23.1 Å². The molecule has 0 saturated heterocycles. The monoisotopic (exact) mass is 465 g/mol. The van der Waals surface area contributed by atoms with E-state index < -0.39 is 11.8 Å². The van der Waals surface area contributed by atoms with E-state index in [2.05, 4.69) is 39.5 Å². The molecule has 0 spiro atoms. The van der Waals surface area contributed by atoms with Crippen LogP contribution in [0.5, 0.6) is 0 Å². The van der Waals surface area contributed by atoms with Crippen molar-refractivity contribution in [3.63, 3.8) is 0 Å². The molecular formula is C24H31N7O3. The zero-order valence-electron chi connectivity index (χ0n) is 19.7. The van der Waals surface area contributed by atoms with Crippen molar-refractivity contribution in [1.29, 1.82) is 0 Å². The van der Waals surface area contributed by atoms with Crippen LogP contribution in [0.1, 0.15) is 73.5 Å². The molecule has 2 amide bonds. The molecule has 0 unspecified atom stereocenters. The van der Waals surface area contributed by atoms with Gasteiger partial charge in [-0.3, -0.25) is 14.3 Å². The third kappa shape index (κ3) is 5.11. The molecular weight excluding hydrogens is 434 g/mol. The fraction of sp³-hybridized carbons (Fsp3) is 0.458. The first-order chi connectivity index (χ1) is 16.4. The minimum Gasteiger partial charge on any atom is -0.444 e. The third-order valence-corrected chi connectivity index (χ3v) is 6.37. The number of hydrogen-bond donors (Lipinski definition) is 3. The number of primary amides is 1. The number of nitrogens with one attached hydrogen (secondary N) is 2. The summed E-state index contributed by atoms with van der Waals surface area (Å²) in [7, 11) is 0. The summed E-state index contributed by atoms with van der Waals surface area (Å²) in [6.07, 6.45) is 8.78. The van der Waals surface area contributed by atoms with Crippen molar-refractivity contribution in [2.45, 2.75) is 52.5 Å². The topological polar surface area (TPSA) is 141 Å². The standard InChI is InChI=1S/C24H31N7O3/c1-4-26-20-11-16(9-10-27-20)24-29-19(13-34-24)23(33)28-18-12-31(30-21(18)22(25)32)17-7-5-15(6-8-17)14(2)3/h9-15,17H,4-8H2,1-3H3,(H2,25,32)(H,26,27)(H,28,33)/t15-,17+. The van der Waals surface area contributed by atoms with Crippen LogP contribution in [0.2, 0.25) is 0 Å². The lowest BCUT2D eigenvalue weighted by Gasteiger charge is -2.30. The Morgan fingerprint density at radius 3 is 2.71 bits per heavy atom. The van der Waals surface area contributed by atoms with Crippen LogP contribution < -0.4 is 16.4 Å². The number of oxazole rings is 1. The van der Waals surface area contributed by atoms with Crippen LogP contribution in [-0.4, -0.2) is 38.1 Å². The number of aromatic nitrogens is 4. The van der Waals surface area contributed by atoms with E-state index in [1.54, 1.807) is 29.2 Å². The van der Waals surface area contributed by atoms with Crippen LogP contribution in [0.4, 0.5) is 11.5 Å². The van der Waals surface area contributed by atoms with Gasteiger partial charge in [0.05, 0.1) is 11.7 Å². The van der Waals surface area contributed by atoms with E-state index in [0.717, 1.165) is 32.2 Å². The van der Waals surface area contributed by atoms with Crippen LogP contribution in [-0.2, 0) is 0 Å². The van der Waals surface area contributed by atoms with Gasteiger partial charge in [0.1, 0.15) is 12.1 Å². The van der Waals surface area contributed by atoms with E-state index in [4.69, 9.17) is 10.2 Å². The lowest BCUT2D eigenvalue weighted by atomic mass is 9.80. The highest BCUT2D eigenvalue weighted by molar-refractivity contribution is 6.07. The second-order valence-corrected chi connectivity index (χ2v) is 9.00. The van der Waals surface area contributed by atoms with Gasteiger partial charge in [-0.1, -0.05) is 13.8 Å². The zero-order valence-corrected chi connectivity index (χ0v) is 19.7.